The topological polar surface area (TPSA) is 83.1 Å². The van der Waals surface area contributed by atoms with Crippen molar-refractivity contribution in [1.82, 2.24) is 5.32 Å². The molecule has 1 unspecified atom stereocenters. The zero-order chi connectivity index (χ0) is 24.3. The summed E-state index contributed by atoms with van der Waals surface area (Å²) in [5, 5.41) is 2.97. The van der Waals surface area contributed by atoms with Gasteiger partial charge in [0, 0.05) is 5.56 Å². The maximum atomic E-state index is 12.9. The van der Waals surface area contributed by atoms with Crippen LogP contribution in [0.25, 0.3) is 11.1 Å². The van der Waals surface area contributed by atoms with Gasteiger partial charge in [0.05, 0.1) is 32.3 Å². The predicted octanol–water partition coefficient (Wildman–Crippen LogP) is 4.97. The molecule has 1 N–H and O–H groups in total. The van der Waals surface area contributed by atoms with Crippen LogP contribution in [0.1, 0.15) is 44.4 Å². The lowest BCUT2D eigenvalue weighted by Crippen LogP contribution is -2.35. The van der Waals surface area contributed by atoms with Gasteiger partial charge in [-0.15, -0.1) is 11.8 Å². The third-order valence-corrected chi connectivity index (χ3v) is 6.19. The molecule has 1 atom stereocenters. The minimum Gasteiger partial charge on any atom is -0.493 e. The van der Waals surface area contributed by atoms with Gasteiger partial charge in [-0.2, -0.15) is 0 Å². The van der Waals surface area contributed by atoms with Crippen LogP contribution in [-0.4, -0.2) is 39.3 Å². The molecule has 0 saturated heterocycles. The van der Waals surface area contributed by atoms with Crippen molar-refractivity contribution in [3.05, 3.63) is 45.6 Å². The van der Waals surface area contributed by atoms with Gasteiger partial charge in [0.2, 0.25) is 5.75 Å². The van der Waals surface area contributed by atoms with Gasteiger partial charge in [-0.1, -0.05) is 6.07 Å². The molecular formula is C25H31NO6S. The van der Waals surface area contributed by atoms with Crippen molar-refractivity contribution in [1.29, 1.82) is 0 Å². The zero-order valence-corrected chi connectivity index (χ0v) is 21.0. The third kappa shape index (κ3) is 5.21. The first-order valence-electron chi connectivity index (χ1n) is 10.7. The fourth-order valence-corrected chi connectivity index (χ4v) is 4.53. The van der Waals surface area contributed by atoms with Crippen LogP contribution in [0.5, 0.6) is 17.2 Å². The summed E-state index contributed by atoms with van der Waals surface area (Å²) in [4.78, 5) is 26.2. The van der Waals surface area contributed by atoms with E-state index in [1.807, 2.05) is 45.2 Å². The molecule has 0 bridgehead atoms. The van der Waals surface area contributed by atoms with E-state index in [1.165, 1.54) is 11.8 Å². The Labute approximate surface area is 198 Å². The Kier molecular flexibility index (Phi) is 7.47. The average Bonchev–Trinajstić information content (AvgIpc) is 2.99. The lowest BCUT2D eigenvalue weighted by Gasteiger charge is -2.23. The second-order valence-electron chi connectivity index (χ2n) is 8.70. The molecule has 0 radical (unpaired) electrons. The largest absolute Gasteiger partial charge is 0.493 e. The van der Waals surface area contributed by atoms with E-state index in [4.69, 9.17) is 18.9 Å². The molecule has 2 aromatic rings. The monoisotopic (exact) mass is 473 g/mol. The number of thioether (sulfide) groups is 1. The number of hydrogen-bond acceptors (Lipinski definition) is 7. The molecule has 0 fully saturated rings. The molecule has 2 aromatic carbocycles. The number of ether oxygens (including phenoxy) is 4. The minimum absolute atomic E-state index is 0.109. The van der Waals surface area contributed by atoms with Crippen LogP contribution >= 0.6 is 11.8 Å². The lowest BCUT2D eigenvalue weighted by molar-refractivity contribution is 0.0501. The molecule has 7 nitrogen and oxygen atoms in total. The molecule has 33 heavy (non-hydrogen) atoms. The number of methoxy groups -OCH3 is 3. The summed E-state index contributed by atoms with van der Waals surface area (Å²) in [6.07, 6.45) is 2.51. The van der Waals surface area contributed by atoms with Crippen LogP contribution in [0.15, 0.2) is 34.0 Å². The summed E-state index contributed by atoms with van der Waals surface area (Å²) in [6, 6.07) is 6.82. The van der Waals surface area contributed by atoms with E-state index < -0.39 is 17.7 Å². The highest BCUT2D eigenvalue weighted by atomic mass is 32.2. The van der Waals surface area contributed by atoms with E-state index in [2.05, 4.69) is 5.32 Å². The number of nitrogens with one attached hydrogen (secondary N) is 1. The quantitative estimate of drug-likeness (QED) is 0.614. The highest BCUT2D eigenvalue weighted by Crippen LogP contribution is 2.50. The van der Waals surface area contributed by atoms with Crippen LogP contribution in [0, 0.1) is 0 Å². The van der Waals surface area contributed by atoms with Gasteiger partial charge in [-0.3, -0.25) is 4.79 Å². The van der Waals surface area contributed by atoms with Crippen LogP contribution in [0.2, 0.25) is 0 Å². The maximum Gasteiger partial charge on any atom is 0.408 e. The summed E-state index contributed by atoms with van der Waals surface area (Å²) in [6.45, 7) is 5.44. The van der Waals surface area contributed by atoms with E-state index in [0.717, 1.165) is 16.7 Å². The Hall–Kier alpha value is -2.87. The number of alkyl carbamates (subject to hydrolysis) is 1. The Morgan fingerprint density at radius 3 is 2.33 bits per heavy atom. The molecule has 1 amide bonds. The van der Waals surface area contributed by atoms with Crippen molar-refractivity contribution < 1.29 is 23.7 Å². The van der Waals surface area contributed by atoms with Gasteiger partial charge in [-0.05, 0) is 74.8 Å². The second kappa shape index (κ2) is 9.95. The zero-order valence-electron chi connectivity index (χ0n) is 20.2. The number of benzene rings is 1. The molecule has 0 aliphatic heterocycles. The molecule has 0 saturated carbocycles. The highest BCUT2D eigenvalue weighted by Gasteiger charge is 2.30. The summed E-state index contributed by atoms with van der Waals surface area (Å²) in [5.41, 5.74) is 2.54. The van der Waals surface area contributed by atoms with Crippen LogP contribution < -0.4 is 25.0 Å². The molecule has 0 heterocycles. The Balaban J connectivity index is 2.28. The van der Waals surface area contributed by atoms with E-state index in [1.54, 1.807) is 27.4 Å². The third-order valence-electron chi connectivity index (χ3n) is 5.41. The summed E-state index contributed by atoms with van der Waals surface area (Å²) in [5.74, 6) is 1.56. The van der Waals surface area contributed by atoms with Crippen molar-refractivity contribution in [3.8, 4) is 28.4 Å². The standard InChI is InChI=1S/C25H31NO6S/c1-25(2,3)32-24(28)26-17-10-8-14-12-19(29-4)22(30-5)23(31-6)21(14)15-9-11-20(33-7)18(27)13-16(15)17/h9,11-13,17H,8,10H2,1-7H3,(H,26,28). The number of rotatable bonds is 5. The molecule has 8 heteroatoms. The van der Waals surface area contributed by atoms with E-state index in [9.17, 15) is 9.59 Å². The lowest BCUT2D eigenvalue weighted by atomic mass is 9.95. The summed E-state index contributed by atoms with van der Waals surface area (Å²) < 4.78 is 22.4. The van der Waals surface area contributed by atoms with Crippen molar-refractivity contribution in [2.24, 2.45) is 0 Å². The number of carbonyl (C=O) groups is 1. The van der Waals surface area contributed by atoms with E-state index in [0.29, 0.717) is 40.5 Å². The predicted molar refractivity (Wildman–Crippen MR) is 130 cm³/mol. The molecule has 0 aromatic heterocycles. The Morgan fingerprint density at radius 1 is 1.06 bits per heavy atom. The molecule has 0 spiro atoms. The van der Waals surface area contributed by atoms with E-state index in [-0.39, 0.29) is 5.43 Å². The molecule has 1 aliphatic rings. The minimum atomic E-state index is -0.637. The summed E-state index contributed by atoms with van der Waals surface area (Å²) in [7, 11) is 4.72. The SMILES string of the molecule is COc1cc2c(c(OC)c1OC)-c1ccc(SC)c(=O)cc1C(NC(=O)OC(C)(C)C)CC2. The maximum absolute atomic E-state index is 12.9. The second-order valence-corrected chi connectivity index (χ2v) is 9.54. The molecule has 3 rings (SSSR count). The molecule has 1 aliphatic carbocycles. The molecular weight excluding hydrogens is 442 g/mol. The van der Waals surface area contributed by atoms with Gasteiger partial charge in [0.15, 0.2) is 16.9 Å². The van der Waals surface area contributed by atoms with Gasteiger partial charge >= 0.3 is 6.09 Å². The van der Waals surface area contributed by atoms with Crippen LogP contribution in [-0.2, 0) is 11.2 Å². The van der Waals surface area contributed by atoms with Crippen molar-refractivity contribution in [2.45, 2.75) is 50.2 Å². The van der Waals surface area contributed by atoms with Gasteiger partial charge < -0.3 is 24.3 Å². The first-order chi connectivity index (χ1) is 15.6. The first-order valence-corrected chi connectivity index (χ1v) is 11.9. The number of fused-ring (bicyclic) bond motifs is 3. The van der Waals surface area contributed by atoms with Gasteiger partial charge in [-0.25, -0.2) is 4.79 Å². The fraction of sp³-hybridized carbons (Fsp3) is 0.440. The Bertz CT molecular complexity index is 1110. The van der Waals surface area contributed by atoms with Gasteiger partial charge in [0.1, 0.15) is 5.60 Å². The number of aryl methyl sites for hydroxylation is 1. The van der Waals surface area contributed by atoms with Gasteiger partial charge in [0.25, 0.3) is 0 Å². The summed E-state index contributed by atoms with van der Waals surface area (Å²) >= 11 is 1.38. The molecule has 178 valence electrons. The van der Waals surface area contributed by atoms with E-state index >= 15 is 0 Å². The Morgan fingerprint density at radius 2 is 1.76 bits per heavy atom. The van der Waals surface area contributed by atoms with Crippen molar-refractivity contribution in [3.63, 3.8) is 0 Å². The fourth-order valence-electron chi connectivity index (χ4n) is 4.07. The van der Waals surface area contributed by atoms with Crippen LogP contribution in [0.4, 0.5) is 4.79 Å². The number of amides is 1. The van der Waals surface area contributed by atoms with Crippen LogP contribution in [0.3, 0.4) is 0 Å². The van der Waals surface area contributed by atoms with Crippen molar-refractivity contribution >= 4 is 17.9 Å². The average molecular weight is 474 g/mol. The highest BCUT2D eigenvalue weighted by molar-refractivity contribution is 7.98. The number of hydrogen-bond donors (Lipinski definition) is 1. The number of carbonyl (C=O) groups excluding carboxylic acids is 1. The normalized spacial score (nSPS) is 14.9. The smallest absolute Gasteiger partial charge is 0.408 e. The first kappa shape index (κ1) is 24.8. The van der Waals surface area contributed by atoms with Crippen molar-refractivity contribution in [2.75, 3.05) is 27.6 Å².